The number of nitrogens with one attached hydrogen (secondary N) is 2. The lowest BCUT2D eigenvalue weighted by molar-refractivity contribution is 0.232. The molecule has 1 aromatic carbocycles. The van der Waals surface area contributed by atoms with Gasteiger partial charge in [0.05, 0.1) is 0 Å². The number of guanidine groups is 1. The van der Waals surface area contributed by atoms with Crippen molar-refractivity contribution in [2.45, 2.75) is 25.8 Å². The molecule has 1 saturated heterocycles. The van der Waals surface area contributed by atoms with Crippen LogP contribution in [0.1, 0.15) is 24.8 Å². The van der Waals surface area contributed by atoms with E-state index in [1.807, 2.05) is 0 Å². The molecule has 0 aromatic heterocycles. The zero-order valence-electron chi connectivity index (χ0n) is 13.0. The minimum Gasteiger partial charge on any atom is -0.355 e. The molecule has 0 bridgehead atoms. The monoisotopic (exact) mass is 370 g/mol. The second kappa shape index (κ2) is 9.10. The van der Waals surface area contributed by atoms with Crippen molar-refractivity contribution < 1.29 is 4.39 Å². The highest BCUT2D eigenvalue weighted by Crippen LogP contribution is 2.17. The maximum atomic E-state index is 13.3. The van der Waals surface area contributed by atoms with E-state index < -0.39 is 0 Å². The van der Waals surface area contributed by atoms with E-state index in [0.29, 0.717) is 6.54 Å². The topological polar surface area (TPSA) is 39.7 Å². The van der Waals surface area contributed by atoms with E-state index in [4.69, 9.17) is 0 Å². The van der Waals surface area contributed by atoms with Gasteiger partial charge >= 0.3 is 0 Å². The van der Waals surface area contributed by atoms with Gasteiger partial charge in [-0.2, -0.15) is 0 Å². The number of hydrogen-bond acceptors (Lipinski definition) is 2. The number of nitrogens with zero attached hydrogens (tertiary/aromatic N) is 2. The predicted molar refractivity (Wildman–Crippen MR) is 92.6 cm³/mol. The largest absolute Gasteiger partial charge is 0.355 e. The normalized spacial score (nSPS) is 16.6. The Bertz CT molecular complexity index is 501. The maximum Gasteiger partial charge on any atom is 0.191 e. The van der Waals surface area contributed by atoms with E-state index in [2.05, 4.69) is 36.5 Å². The fourth-order valence-corrected chi connectivity index (χ4v) is 2.98. The summed E-state index contributed by atoms with van der Waals surface area (Å²) in [6, 6.07) is 4.69. The summed E-state index contributed by atoms with van der Waals surface area (Å²) in [5, 5.41) is 6.52. The van der Waals surface area contributed by atoms with Gasteiger partial charge in [-0.3, -0.25) is 4.99 Å². The number of likely N-dealkylation sites (tertiary alicyclic amines) is 1. The maximum absolute atomic E-state index is 13.3. The van der Waals surface area contributed by atoms with Crippen LogP contribution >= 0.6 is 15.9 Å². The van der Waals surface area contributed by atoms with E-state index in [1.165, 1.54) is 44.5 Å². The molecule has 2 rings (SSSR count). The average molecular weight is 371 g/mol. The van der Waals surface area contributed by atoms with Crippen LogP contribution in [0.15, 0.2) is 27.7 Å². The van der Waals surface area contributed by atoms with Crippen molar-refractivity contribution in [2.75, 3.05) is 33.2 Å². The van der Waals surface area contributed by atoms with Crippen molar-refractivity contribution >= 4 is 21.9 Å². The number of halogens is 2. The van der Waals surface area contributed by atoms with Gasteiger partial charge in [0.25, 0.3) is 0 Å². The highest BCUT2D eigenvalue weighted by Gasteiger charge is 2.09. The van der Waals surface area contributed by atoms with Gasteiger partial charge in [0.15, 0.2) is 5.96 Å². The third-order valence-corrected chi connectivity index (χ3v) is 4.62. The van der Waals surface area contributed by atoms with Gasteiger partial charge in [0.2, 0.25) is 0 Å². The van der Waals surface area contributed by atoms with Crippen LogP contribution < -0.4 is 10.6 Å². The summed E-state index contributed by atoms with van der Waals surface area (Å²) in [6.45, 7) is 4.82. The lowest BCUT2D eigenvalue weighted by Crippen LogP contribution is -2.42. The molecule has 0 saturated carbocycles. The molecule has 0 spiro atoms. The zero-order chi connectivity index (χ0) is 15.8. The van der Waals surface area contributed by atoms with Crippen LogP contribution in [0.4, 0.5) is 4.39 Å². The second-order valence-electron chi connectivity index (χ2n) is 5.49. The standard InChI is InChI=1S/C16H24BrFN4/c1-19-16(20-7-10-22-8-3-2-4-9-22)21-12-13-11-14(18)5-6-15(13)17/h5-6,11H,2-4,7-10,12H2,1H3,(H2,19,20,21). The Kier molecular flexibility index (Phi) is 7.12. The number of hydrogen-bond donors (Lipinski definition) is 2. The first-order valence-corrected chi connectivity index (χ1v) is 8.59. The Morgan fingerprint density at radius 2 is 2.05 bits per heavy atom. The second-order valence-corrected chi connectivity index (χ2v) is 6.34. The average Bonchev–Trinajstić information content (AvgIpc) is 2.54. The molecule has 0 unspecified atom stereocenters. The Morgan fingerprint density at radius 1 is 1.27 bits per heavy atom. The molecule has 1 heterocycles. The van der Waals surface area contributed by atoms with Gasteiger partial charge in [-0.1, -0.05) is 22.4 Å². The van der Waals surface area contributed by atoms with Crippen LogP contribution in [-0.2, 0) is 6.54 Å². The van der Waals surface area contributed by atoms with Crippen molar-refractivity contribution in [3.05, 3.63) is 34.1 Å². The van der Waals surface area contributed by atoms with Crippen LogP contribution in [0.5, 0.6) is 0 Å². The highest BCUT2D eigenvalue weighted by atomic mass is 79.9. The van der Waals surface area contributed by atoms with E-state index in [0.717, 1.165) is 29.1 Å². The summed E-state index contributed by atoms with van der Waals surface area (Å²) in [5.41, 5.74) is 0.874. The number of aliphatic imine (C=N–C) groups is 1. The van der Waals surface area contributed by atoms with E-state index in [-0.39, 0.29) is 5.82 Å². The Labute approximate surface area is 140 Å². The summed E-state index contributed by atoms with van der Waals surface area (Å²) in [7, 11) is 1.75. The molecular weight excluding hydrogens is 347 g/mol. The summed E-state index contributed by atoms with van der Waals surface area (Å²) < 4.78 is 14.2. The predicted octanol–water partition coefficient (Wildman–Crippen LogP) is 2.74. The third kappa shape index (κ3) is 5.57. The molecule has 122 valence electrons. The van der Waals surface area contributed by atoms with Crippen LogP contribution in [0.2, 0.25) is 0 Å². The van der Waals surface area contributed by atoms with Crippen molar-refractivity contribution in [3.8, 4) is 0 Å². The Hall–Kier alpha value is -1.14. The quantitative estimate of drug-likeness (QED) is 0.618. The van der Waals surface area contributed by atoms with Crippen molar-refractivity contribution in [2.24, 2.45) is 4.99 Å². The molecule has 1 aliphatic heterocycles. The molecule has 22 heavy (non-hydrogen) atoms. The van der Waals surface area contributed by atoms with Crippen LogP contribution in [0.25, 0.3) is 0 Å². The van der Waals surface area contributed by atoms with Gasteiger partial charge < -0.3 is 15.5 Å². The fraction of sp³-hybridized carbons (Fsp3) is 0.562. The first-order valence-electron chi connectivity index (χ1n) is 7.80. The molecular formula is C16H24BrFN4. The summed E-state index contributed by atoms with van der Waals surface area (Å²) in [6.07, 6.45) is 3.97. The molecule has 1 fully saturated rings. The molecule has 6 heteroatoms. The molecule has 0 amide bonds. The highest BCUT2D eigenvalue weighted by molar-refractivity contribution is 9.10. The summed E-state index contributed by atoms with van der Waals surface area (Å²) >= 11 is 3.43. The number of rotatable bonds is 5. The van der Waals surface area contributed by atoms with Gasteiger partial charge in [0, 0.05) is 31.2 Å². The lowest BCUT2D eigenvalue weighted by Gasteiger charge is -2.26. The summed E-state index contributed by atoms with van der Waals surface area (Å²) in [5.74, 6) is 0.515. The third-order valence-electron chi connectivity index (χ3n) is 3.85. The van der Waals surface area contributed by atoms with Gasteiger partial charge in [0.1, 0.15) is 5.82 Å². The van der Waals surface area contributed by atoms with Gasteiger partial charge in [-0.15, -0.1) is 0 Å². The van der Waals surface area contributed by atoms with Crippen LogP contribution in [-0.4, -0.2) is 44.1 Å². The molecule has 2 N–H and O–H groups in total. The zero-order valence-corrected chi connectivity index (χ0v) is 14.6. The lowest BCUT2D eigenvalue weighted by atomic mass is 10.1. The fourth-order valence-electron chi connectivity index (χ4n) is 2.59. The first-order chi connectivity index (χ1) is 10.7. The first kappa shape index (κ1) is 17.2. The van der Waals surface area contributed by atoms with E-state index in [1.54, 1.807) is 13.1 Å². The Balaban J connectivity index is 1.74. The minimum absolute atomic E-state index is 0.229. The minimum atomic E-state index is -0.229. The van der Waals surface area contributed by atoms with E-state index >= 15 is 0 Å². The molecule has 4 nitrogen and oxygen atoms in total. The molecule has 0 radical (unpaired) electrons. The smallest absolute Gasteiger partial charge is 0.191 e. The van der Waals surface area contributed by atoms with Crippen LogP contribution in [0.3, 0.4) is 0 Å². The Morgan fingerprint density at radius 3 is 2.77 bits per heavy atom. The van der Waals surface area contributed by atoms with Crippen molar-refractivity contribution in [1.82, 2.24) is 15.5 Å². The molecule has 0 atom stereocenters. The molecule has 1 aromatic rings. The van der Waals surface area contributed by atoms with Crippen molar-refractivity contribution in [1.29, 1.82) is 0 Å². The van der Waals surface area contributed by atoms with E-state index in [9.17, 15) is 4.39 Å². The number of benzene rings is 1. The SMILES string of the molecule is CN=C(NCCN1CCCCC1)NCc1cc(F)ccc1Br. The number of piperidine rings is 1. The van der Waals surface area contributed by atoms with Crippen LogP contribution in [0, 0.1) is 5.82 Å². The van der Waals surface area contributed by atoms with Gasteiger partial charge in [-0.05, 0) is 49.7 Å². The summed E-state index contributed by atoms with van der Waals surface area (Å²) in [4.78, 5) is 6.68. The molecule has 0 aliphatic carbocycles. The van der Waals surface area contributed by atoms with Gasteiger partial charge in [-0.25, -0.2) is 4.39 Å². The molecule has 1 aliphatic rings. The van der Waals surface area contributed by atoms with Crippen molar-refractivity contribution in [3.63, 3.8) is 0 Å².